The van der Waals surface area contributed by atoms with Crippen molar-refractivity contribution in [2.45, 2.75) is 25.7 Å². The van der Waals surface area contributed by atoms with Gasteiger partial charge in [0.1, 0.15) is 0 Å². The average molecular weight is 155 g/mol. The molecule has 0 radical (unpaired) electrons. The van der Waals surface area contributed by atoms with Gasteiger partial charge in [-0.2, -0.15) is 0 Å². The second kappa shape index (κ2) is 4.11. The molecular weight excluding hydrogens is 142 g/mol. The average Bonchev–Trinajstić information content (AvgIpc) is 2.14. The van der Waals surface area contributed by atoms with Crippen LogP contribution in [0.4, 0.5) is 0 Å². The van der Waals surface area contributed by atoms with Crippen LogP contribution in [0.3, 0.4) is 0 Å². The zero-order chi connectivity index (χ0) is 8.10. The Hall–Kier alpha value is -0.860. The van der Waals surface area contributed by atoms with Crippen molar-refractivity contribution in [2.24, 2.45) is 5.92 Å². The molecule has 1 aliphatic rings. The normalized spacial score (nSPS) is 24.5. The summed E-state index contributed by atoms with van der Waals surface area (Å²) in [5.74, 6) is 0.187. The van der Waals surface area contributed by atoms with E-state index in [1.165, 1.54) is 6.42 Å². The largest absolute Gasteiger partial charge is 0.265 e. The number of nitrogens with zero attached hydrogens (tertiary/aromatic N) is 1. The zero-order valence-electron chi connectivity index (χ0n) is 6.53. The van der Waals surface area contributed by atoms with Gasteiger partial charge >= 0.3 is 0 Å². The highest BCUT2D eigenvalue weighted by Crippen LogP contribution is 2.16. The molecule has 62 valence electrons. The first-order valence-corrected chi connectivity index (χ1v) is 4.07. The van der Waals surface area contributed by atoms with E-state index in [9.17, 15) is 10.1 Å². The second-order valence-corrected chi connectivity index (χ2v) is 2.99. The van der Waals surface area contributed by atoms with Gasteiger partial charge in [-0.3, -0.25) is 10.1 Å². The van der Waals surface area contributed by atoms with Crippen molar-refractivity contribution in [3.63, 3.8) is 0 Å². The maximum Gasteiger partial charge on any atom is 0.210 e. The Kier molecular flexibility index (Phi) is 3.08. The summed E-state index contributed by atoms with van der Waals surface area (Å²) in [6.45, 7) is 0.108. The minimum absolute atomic E-state index is 0.108. The third-order valence-corrected chi connectivity index (χ3v) is 1.99. The van der Waals surface area contributed by atoms with Gasteiger partial charge in [-0.1, -0.05) is 18.6 Å². The predicted molar refractivity (Wildman–Crippen MR) is 43.0 cm³/mol. The van der Waals surface area contributed by atoms with E-state index < -0.39 is 0 Å². The highest BCUT2D eigenvalue weighted by atomic mass is 16.6. The van der Waals surface area contributed by atoms with Crippen LogP contribution in [0.15, 0.2) is 12.2 Å². The summed E-state index contributed by atoms with van der Waals surface area (Å²) in [6.07, 6.45) is 8.46. The molecule has 0 aromatic rings. The van der Waals surface area contributed by atoms with E-state index in [-0.39, 0.29) is 17.4 Å². The molecule has 1 rings (SSSR count). The molecule has 1 aliphatic carbocycles. The molecule has 0 fully saturated rings. The molecule has 0 unspecified atom stereocenters. The molecule has 0 N–H and O–H groups in total. The summed E-state index contributed by atoms with van der Waals surface area (Å²) in [5.41, 5.74) is 0. The van der Waals surface area contributed by atoms with Gasteiger partial charge in [0, 0.05) is 10.8 Å². The Balaban J connectivity index is 2.36. The van der Waals surface area contributed by atoms with Crippen LogP contribution >= 0.6 is 0 Å². The van der Waals surface area contributed by atoms with Gasteiger partial charge in [-0.15, -0.1) is 0 Å². The number of hydrogen-bond acceptors (Lipinski definition) is 2. The Labute approximate surface area is 66.3 Å². The van der Waals surface area contributed by atoms with Crippen LogP contribution in [0.1, 0.15) is 25.7 Å². The number of nitro groups is 1. The van der Waals surface area contributed by atoms with Crippen LogP contribution in [0, 0.1) is 16.0 Å². The van der Waals surface area contributed by atoms with E-state index >= 15 is 0 Å². The molecule has 0 aromatic carbocycles. The van der Waals surface area contributed by atoms with Crippen molar-refractivity contribution in [3.8, 4) is 0 Å². The van der Waals surface area contributed by atoms with Gasteiger partial charge in [0.05, 0.1) is 0 Å². The minimum Gasteiger partial charge on any atom is -0.265 e. The lowest BCUT2D eigenvalue weighted by atomic mass is 10.0. The topological polar surface area (TPSA) is 43.1 Å². The standard InChI is InChI=1S/C8H13NO2/c10-9(11)7-8-5-3-1-2-4-6-8/h3,5,8H,1-2,4,6-7H2/t8-/m0/s1. The van der Waals surface area contributed by atoms with Gasteiger partial charge in [0.2, 0.25) is 6.54 Å². The van der Waals surface area contributed by atoms with E-state index in [1.807, 2.05) is 6.08 Å². The Morgan fingerprint density at radius 3 is 3.09 bits per heavy atom. The highest BCUT2D eigenvalue weighted by molar-refractivity contribution is 4.90. The number of rotatable bonds is 2. The fraction of sp³-hybridized carbons (Fsp3) is 0.750. The van der Waals surface area contributed by atoms with E-state index in [0.717, 1.165) is 19.3 Å². The second-order valence-electron chi connectivity index (χ2n) is 2.99. The van der Waals surface area contributed by atoms with Crippen LogP contribution in [0.5, 0.6) is 0 Å². The third-order valence-electron chi connectivity index (χ3n) is 1.99. The van der Waals surface area contributed by atoms with Gasteiger partial charge in [0.25, 0.3) is 0 Å². The summed E-state index contributed by atoms with van der Waals surface area (Å²) in [4.78, 5) is 9.93. The summed E-state index contributed by atoms with van der Waals surface area (Å²) in [7, 11) is 0. The molecule has 0 saturated heterocycles. The zero-order valence-corrected chi connectivity index (χ0v) is 6.53. The van der Waals surface area contributed by atoms with Crippen molar-refractivity contribution in [1.29, 1.82) is 0 Å². The van der Waals surface area contributed by atoms with Crippen LogP contribution in [0.2, 0.25) is 0 Å². The Morgan fingerprint density at radius 2 is 2.36 bits per heavy atom. The first-order valence-electron chi connectivity index (χ1n) is 4.07. The molecule has 0 bridgehead atoms. The SMILES string of the molecule is O=[N+]([O-])C[C@H]1C=CCCCC1. The van der Waals surface area contributed by atoms with Crippen molar-refractivity contribution >= 4 is 0 Å². The summed E-state index contributed by atoms with van der Waals surface area (Å²) in [6, 6.07) is 0. The Bertz CT molecular complexity index is 165. The van der Waals surface area contributed by atoms with Crippen molar-refractivity contribution in [3.05, 3.63) is 22.3 Å². The molecule has 0 spiro atoms. The van der Waals surface area contributed by atoms with E-state index in [2.05, 4.69) is 6.08 Å². The molecule has 0 saturated carbocycles. The lowest BCUT2D eigenvalue weighted by Crippen LogP contribution is -2.11. The smallest absolute Gasteiger partial charge is 0.210 e. The van der Waals surface area contributed by atoms with Crippen LogP contribution < -0.4 is 0 Å². The molecule has 1 atom stereocenters. The lowest BCUT2D eigenvalue weighted by molar-refractivity contribution is -0.486. The quantitative estimate of drug-likeness (QED) is 0.348. The van der Waals surface area contributed by atoms with E-state index in [4.69, 9.17) is 0 Å². The monoisotopic (exact) mass is 155 g/mol. The van der Waals surface area contributed by atoms with Gasteiger partial charge in [0.15, 0.2) is 0 Å². The van der Waals surface area contributed by atoms with E-state index in [0.29, 0.717) is 0 Å². The van der Waals surface area contributed by atoms with Crippen molar-refractivity contribution in [1.82, 2.24) is 0 Å². The minimum atomic E-state index is -0.222. The maximum absolute atomic E-state index is 10.2. The van der Waals surface area contributed by atoms with Crippen LogP contribution in [-0.4, -0.2) is 11.5 Å². The molecule has 3 heteroatoms. The number of allylic oxidation sites excluding steroid dienone is 1. The molecule has 3 nitrogen and oxygen atoms in total. The Morgan fingerprint density at radius 1 is 1.55 bits per heavy atom. The van der Waals surface area contributed by atoms with Crippen LogP contribution in [-0.2, 0) is 0 Å². The van der Waals surface area contributed by atoms with Gasteiger partial charge < -0.3 is 0 Å². The van der Waals surface area contributed by atoms with Gasteiger partial charge in [-0.25, -0.2) is 0 Å². The van der Waals surface area contributed by atoms with Crippen molar-refractivity contribution < 1.29 is 4.92 Å². The molecule has 0 aliphatic heterocycles. The van der Waals surface area contributed by atoms with Crippen LogP contribution in [0.25, 0.3) is 0 Å². The van der Waals surface area contributed by atoms with Crippen molar-refractivity contribution in [2.75, 3.05) is 6.54 Å². The maximum atomic E-state index is 10.2. The summed E-state index contributed by atoms with van der Waals surface area (Å²) >= 11 is 0. The number of hydrogen-bond donors (Lipinski definition) is 0. The highest BCUT2D eigenvalue weighted by Gasteiger charge is 2.12. The summed E-state index contributed by atoms with van der Waals surface area (Å²) in [5, 5.41) is 10.2. The molecule has 11 heavy (non-hydrogen) atoms. The third kappa shape index (κ3) is 3.16. The first-order chi connectivity index (χ1) is 5.29. The first kappa shape index (κ1) is 8.24. The predicted octanol–water partition coefficient (Wildman–Crippen LogP) is 2.01. The fourth-order valence-corrected chi connectivity index (χ4v) is 1.40. The lowest BCUT2D eigenvalue weighted by Gasteiger charge is -2.03. The fourth-order valence-electron chi connectivity index (χ4n) is 1.40. The molecule has 0 amide bonds. The molecular formula is C8H13NO2. The van der Waals surface area contributed by atoms with Gasteiger partial charge in [-0.05, 0) is 19.3 Å². The summed E-state index contributed by atoms with van der Waals surface area (Å²) < 4.78 is 0. The van der Waals surface area contributed by atoms with E-state index in [1.54, 1.807) is 0 Å². The molecule has 0 heterocycles. The molecule has 0 aromatic heterocycles.